The molecule has 1 aromatic rings. The Morgan fingerprint density at radius 1 is 1.50 bits per heavy atom. The number of aromatic nitrogens is 2. The molecule has 0 fully saturated rings. The normalized spacial score (nSPS) is 13.8. The van der Waals surface area contributed by atoms with E-state index in [4.69, 9.17) is 16.0 Å². The Bertz CT molecular complexity index is 443. The minimum Gasteiger partial charge on any atom is -0.406 e. The van der Waals surface area contributed by atoms with Crippen LogP contribution in [0.4, 0.5) is 6.01 Å². The van der Waals surface area contributed by atoms with Crippen LogP contribution in [0.15, 0.2) is 4.42 Å². The fraction of sp³-hybridized carbons (Fsp3) is 0.750. The summed E-state index contributed by atoms with van der Waals surface area (Å²) in [6.45, 7) is 2.02. The van der Waals surface area contributed by atoms with E-state index in [1.54, 1.807) is 18.9 Å². The van der Waals surface area contributed by atoms with E-state index in [0.29, 0.717) is 12.4 Å². The lowest BCUT2D eigenvalue weighted by Crippen LogP contribution is -2.25. The van der Waals surface area contributed by atoms with Crippen LogP contribution < -0.4 is 4.90 Å². The van der Waals surface area contributed by atoms with Gasteiger partial charge in [0.1, 0.15) is 15.2 Å². The number of hydrogen-bond acceptors (Lipinski definition) is 6. The molecule has 0 radical (unpaired) electrons. The number of rotatable bonds is 5. The van der Waals surface area contributed by atoms with Crippen LogP contribution in [0.1, 0.15) is 18.2 Å². The first-order valence-corrected chi connectivity index (χ1v) is 7.15. The molecule has 0 saturated heterocycles. The third-order valence-corrected chi connectivity index (χ3v) is 3.01. The number of halogens is 1. The molecule has 0 bridgehead atoms. The molecule has 0 aliphatic rings. The molecule has 0 aliphatic carbocycles. The highest BCUT2D eigenvalue weighted by Gasteiger charge is 2.15. The number of alkyl halides is 1. The van der Waals surface area contributed by atoms with Crippen molar-refractivity contribution in [2.75, 3.05) is 30.5 Å². The smallest absolute Gasteiger partial charge is 0.317 e. The first-order valence-electron chi connectivity index (χ1n) is 4.66. The third kappa shape index (κ3) is 3.97. The maximum Gasteiger partial charge on any atom is 0.317 e. The van der Waals surface area contributed by atoms with E-state index in [1.807, 2.05) is 0 Å². The average Bonchev–Trinajstić information content (AvgIpc) is 2.61. The van der Waals surface area contributed by atoms with Gasteiger partial charge in [0.15, 0.2) is 0 Å². The summed E-state index contributed by atoms with van der Waals surface area (Å²) in [6, 6.07) is 0.270. The molecule has 0 aromatic carbocycles. The van der Waals surface area contributed by atoms with Gasteiger partial charge < -0.3 is 9.32 Å². The molecule has 0 saturated carbocycles. The number of anilines is 1. The van der Waals surface area contributed by atoms with E-state index >= 15 is 0 Å². The molecule has 92 valence electrons. The van der Waals surface area contributed by atoms with Crippen LogP contribution in [0.2, 0.25) is 0 Å². The monoisotopic (exact) mass is 267 g/mol. The molecule has 0 N–H and O–H groups in total. The second-order valence-corrected chi connectivity index (χ2v) is 6.50. The zero-order chi connectivity index (χ0) is 12.3. The molecule has 1 unspecified atom stereocenters. The number of hydrogen-bond donors (Lipinski definition) is 0. The summed E-state index contributed by atoms with van der Waals surface area (Å²) < 4.78 is 27.2. The van der Waals surface area contributed by atoms with Crippen molar-refractivity contribution in [2.24, 2.45) is 0 Å². The van der Waals surface area contributed by atoms with Crippen molar-refractivity contribution in [3.05, 3.63) is 5.89 Å². The van der Waals surface area contributed by atoms with Gasteiger partial charge in [0, 0.05) is 19.8 Å². The maximum absolute atomic E-state index is 11.0. The van der Waals surface area contributed by atoms with Gasteiger partial charge in [-0.2, -0.15) is 0 Å². The van der Waals surface area contributed by atoms with Crippen molar-refractivity contribution in [3.8, 4) is 0 Å². The molecule has 8 heteroatoms. The Balaban J connectivity index is 2.63. The minimum atomic E-state index is -2.99. The van der Waals surface area contributed by atoms with Crippen LogP contribution in [0.3, 0.4) is 0 Å². The van der Waals surface area contributed by atoms with Crippen LogP contribution in [0.25, 0.3) is 0 Å². The SMILES string of the molecule is CC(Cl)c1nnc(N(C)CCS(C)(=O)=O)o1. The topological polar surface area (TPSA) is 76.3 Å². The summed E-state index contributed by atoms with van der Waals surface area (Å²) in [4.78, 5) is 1.58. The lowest BCUT2D eigenvalue weighted by molar-refractivity contribution is 0.492. The molecule has 0 spiro atoms. The first kappa shape index (κ1) is 13.2. The third-order valence-electron chi connectivity index (χ3n) is 1.89. The fourth-order valence-electron chi connectivity index (χ4n) is 0.940. The average molecular weight is 268 g/mol. The molecule has 0 amide bonds. The molecule has 6 nitrogen and oxygen atoms in total. The quantitative estimate of drug-likeness (QED) is 0.736. The highest BCUT2D eigenvalue weighted by atomic mass is 35.5. The largest absolute Gasteiger partial charge is 0.406 e. The molecule has 16 heavy (non-hydrogen) atoms. The molecule has 1 heterocycles. The van der Waals surface area contributed by atoms with E-state index in [9.17, 15) is 8.42 Å². The van der Waals surface area contributed by atoms with Gasteiger partial charge in [0.25, 0.3) is 0 Å². The summed E-state index contributed by atoms with van der Waals surface area (Å²) in [5.41, 5.74) is 0. The van der Waals surface area contributed by atoms with Gasteiger partial charge in [0.05, 0.1) is 5.75 Å². The van der Waals surface area contributed by atoms with Gasteiger partial charge in [0.2, 0.25) is 5.89 Å². The first-order chi connectivity index (χ1) is 7.29. The summed E-state index contributed by atoms with van der Waals surface area (Å²) in [6.07, 6.45) is 1.18. The van der Waals surface area contributed by atoms with Gasteiger partial charge >= 0.3 is 6.01 Å². The van der Waals surface area contributed by atoms with Gasteiger partial charge in [-0.15, -0.1) is 16.7 Å². The Labute approximate surface area is 99.5 Å². The minimum absolute atomic E-state index is 0.0393. The van der Waals surface area contributed by atoms with Crippen molar-refractivity contribution in [2.45, 2.75) is 12.3 Å². The Kier molecular flexibility index (Phi) is 4.15. The summed E-state index contributed by atoms with van der Waals surface area (Å²) in [7, 11) is -1.31. The lowest BCUT2D eigenvalue weighted by atomic mass is 10.5. The van der Waals surface area contributed by atoms with Crippen LogP contribution in [-0.4, -0.2) is 44.2 Å². The van der Waals surface area contributed by atoms with Crippen molar-refractivity contribution < 1.29 is 12.8 Å². The van der Waals surface area contributed by atoms with Crippen molar-refractivity contribution in [3.63, 3.8) is 0 Å². The van der Waals surface area contributed by atoms with E-state index in [1.165, 1.54) is 6.26 Å². The lowest BCUT2D eigenvalue weighted by Gasteiger charge is -2.12. The van der Waals surface area contributed by atoms with Crippen molar-refractivity contribution in [1.29, 1.82) is 0 Å². The highest BCUT2D eigenvalue weighted by molar-refractivity contribution is 7.90. The zero-order valence-electron chi connectivity index (χ0n) is 9.34. The second-order valence-electron chi connectivity index (χ2n) is 3.59. The van der Waals surface area contributed by atoms with Crippen LogP contribution >= 0.6 is 11.6 Å². The number of nitrogens with zero attached hydrogens (tertiary/aromatic N) is 3. The molecule has 0 aliphatic heterocycles. The van der Waals surface area contributed by atoms with E-state index in [2.05, 4.69) is 10.2 Å². The summed E-state index contributed by atoms with van der Waals surface area (Å²) in [5.74, 6) is 0.361. The Morgan fingerprint density at radius 3 is 2.56 bits per heavy atom. The molecule has 1 aromatic heterocycles. The Hall–Kier alpha value is -0.820. The Morgan fingerprint density at radius 2 is 2.12 bits per heavy atom. The predicted molar refractivity (Wildman–Crippen MR) is 61.5 cm³/mol. The second kappa shape index (κ2) is 5.01. The van der Waals surface area contributed by atoms with E-state index in [0.717, 1.165) is 0 Å². The van der Waals surface area contributed by atoms with Crippen molar-refractivity contribution >= 4 is 27.5 Å². The van der Waals surface area contributed by atoms with Gasteiger partial charge in [-0.05, 0) is 6.92 Å². The standard InChI is InChI=1S/C8H14ClN3O3S/c1-6(9)7-10-11-8(15-7)12(2)4-5-16(3,13)14/h6H,4-5H2,1-3H3. The molecule has 1 atom stereocenters. The zero-order valence-corrected chi connectivity index (χ0v) is 10.9. The molecule has 1 rings (SSSR count). The van der Waals surface area contributed by atoms with Crippen LogP contribution in [0.5, 0.6) is 0 Å². The molecular formula is C8H14ClN3O3S. The van der Waals surface area contributed by atoms with Gasteiger partial charge in [-0.1, -0.05) is 5.10 Å². The highest BCUT2D eigenvalue weighted by Crippen LogP contribution is 2.20. The van der Waals surface area contributed by atoms with E-state index in [-0.39, 0.29) is 17.1 Å². The van der Waals surface area contributed by atoms with Crippen LogP contribution in [-0.2, 0) is 9.84 Å². The fourth-order valence-corrected chi connectivity index (χ4v) is 1.63. The predicted octanol–water partition coefficient (Wildman–Crippen LogP) is 0.850. The molecular weight excluding hydrogens is 254 g/mol. The summed E-state index contributed by atoms with van der Waals surface area (Å²) >= 11 is 5.76. The number of sulfone groups is 1. The maximum atomic E-state index is 11.0. The van der Waals surface area contributed by atoms with E-state index < -0.39 is 9.84 Å². The summed E-state index contributed by atoms with van der Waals surface area (Å²) in [5, 5.41) is 7.15. The van der Waals surface area contributed by atoms with Crippen LogP contribution in [0, 0.1) is 0 Å². The van der Waals surface area contributed by atoms with Crippen molar-refractivity contribution in [1.82, 2.24) is 10.2 Å². The van der Waals surface area contributed by atoms with Gasteiger partial charge in [-0.3, -0.25) is 0 Å². The van der Waals surface area contributed by atoms with Gasteiger partial charge in [-0.25, -0.2) is 8.42 Å².